The van der Waals surface area contributed by atoms with Gasteiger partial charge in [0.15, 0.2) is 10.8 Å². The monoisotopic (exact) mass is 220 g/mol. The van der Waals surface area contributed by atoms with E-state index >= 15 is 0 Å². The van der Waals surface area contributed by atoms with Crippen molar-refractivity contribution in [3.63, 3.8) is 0 Å². The zero-order valence-corrected chi connectivity index (χ0v) is 8.26. The summed E-state index contributed by atoms with van der Waals surface area (Å²) in [4.78, 5) is 11.1. The van der Waals surface area contributed by atoms with Gasteiger partial charge < -0.3 is 4.74 Å². The topological polar surface area (TPSA) is 52.1 Å². The molecule has 0 aromatic carbocycles. The van der Waals surface area contributed by atoms with Crippen LogP contribution >= 0.6 is 23.2 Å². The number of esters is 1. The third kappa shape index (κ3) is 2.54. The molecule has 4 nitrogen and oxygen atoms in total. The van der Waals surface area contributed by atoms with Gasteiger partial charge in [0.2, 0.25) is 0 Å². The first-order valence-corrected chi connectivity index (χ1v) is 4.26. The number of ether oxygens (including phenoxy) is 1. The molecule has 0 amide bonds. The minimum Gasteiger partial charge on any atom is -0.461 e. The number of hydrogen-bond donors (Lipinski definition) is 0. The van der Waals surface area contributed by atoms with Crippen LogP contribution < -0.4 is 0 Å². The number of hydrogen-bond acceptors (Lipinski definition) is 4. The SMILES string of the molecule is CCOC(=O)c1cc(Cl)c(Cl)nn1. The number of carbonyl (C=O) groups excluding carboxylic acids is 1. The second kappa shape index (κ2) is 4.39. The molecule has 6 heteroatoms. The molecule has 0 radical (unpaired) electrons. The quantitative estimate of drug-likeness (QED) is 0.716. The normalized spacial score (nSPS) is 9.77. The predicted molar refractivity (Wildman–Crippen MR) is 48.0 cm³/mol. The van der Waals surface area contributed by atoms with Crippen LogP contribution in [0.5, 0.6) is 0 Å². The molecule has 0 saturated heterocycles. The maximum atomic E-state index is 11.1. The van der Waals surface area contributed by atoms with Gasteiger partial charge in [-0.15, -0.1) is 10.2 Å². The van der Waals surface area contributed by atoms with Gasteiger partial charge in [-0.05, 0) is 13.0 Å². The summed E-state index contributed by atoms with van der Waals surface area (Å²) in [5.41, 5.74) is 0.0521. The van der Waals surface area contributed by atoms with Gasteiger partial charge >= 0.3 is 5.97 Å². The molecule has 0 saturated carbocycles. The van der Waals surface area contributed by atoms with Crippen LogP contribution in [0, 0.1) is 0 Å². The average Bonchev–Trinajstić information content (AvgIpc) is 2.10. The molecular formula is C7H6Cl2N2O2. The van der Waals surface area contributed by atoms with Crippen LogP contribution in [0.2, 0.25) is 10.2 Å². The van der Waals surface area contributed by atoms with Crippen LogP contribution in [0.3, 0.4) is 0 Å². The lowest BCUT2D eigenvalue weighted by Crippen LogP contribution is -2.08. The highest BCUT2D eigenvalue weighted by Crippen LogP contribution is 2.18. The molecule has 1 aromatic heterocycles. The molecule has 0 aliphatic heterocycles. The van der Waals surface area contributed by atoms with Crippen molar-refractivity contribution in [1.29, 1.82) is 0 Å². The van der Waals surface area contributed by atoms with Gasteiger partial charge in [0, 0.05) is 0 Å². The van der Waals surface area contributed by atoms with Gasteiger partial charge in [-0.2, -0.15) is 0 Å². The lowest BCUT2D eigenvalue weighted by Gasteiger charge is -2.00. The van der Waals surface area contributed by atoms with Crippen LogP contribution in [-0.4, -0.2) is 22.8 Å². The fourth-order valence-electron chi connectivity index (χ4n) is 0.659. The fourth-order valence-corrected chi connectivity index (χ4v) is 0.892. The van der Waals surface area contributed by atoms with Gasteiger partial charge in [-0.1, -0.05) is 23.2 Å². The minimum atomic E-state index is -0.562. The van der Waals surface area contributed by atoms with Crippen LogP contribution in [0.4, 0.5) is 0 Å². The maximum Gasteiger partial charge on any atom is 0.358 e. The van der Waals surface area contributed by atoms with Crippen molar-refractivity contribution in [2.24, 2.45) is 0 Å². The Morgan fingerprint density at radius 3 is 2.77 bits per heavy atom. The van der Waals surface area contributed by atoms with Crippen molar-refractivity contribution in [3.8, 4) is 0 Å². The van der Waals surface area contributed by atoms with Crippen LogP contribution in [0.1, 0.15) is 17.4 Å². The van der Waals surface area contributed by atoms with Crippen molar-refractivity contribution >= 4 is 29.2 Å². The Balaban J connectivity index is 2.90. The first-order valence-electron chi connectivity index (χ1n) is 3.51. The standard InChI is InChI=1S/C7H6Cl2N2O2/c1-2-13-7(12)5-3-4(8)6(9)11-10-5/h3H,2H2,1H3. The number of halogens is 2. The fraction of sp³-hybridized carbons (Fsp3) is 0.286. The van der Waals surface area contributed by atoms with E-state index in [-0.39, 0.29) is 22.5 Å². The lowest BCUT2D eigenvalue weighted by molar-refractivity contribution is 0.0518. The smallest absolute Gasteiger partial charge is 0.358 e. The largest absolute Gasteiger partial charge is 0.461 e. The van der Waals surface area contributed by atoms with E-state index in [0.717, 1.165) is 0 Å². The number of aromatic nitrogens is 2. The van der Waals surface area contributed by atoms with E-state index in [1.807, 2.05) is 0 Å². The Morgan fingerprint density at radius 2 is 2.23 bits per heavy atom. The van der Waals surface area contributed by atoms with E-state index in [2.05, 4.69) is 14.9 Å². The van der Waals surface area contributed by atoms with E-state index in [1.165, 1.54) is 6.07 Å². The predicted octanol–water partition coefficient (Wildman–Crippen LogP) is 1.96. The molecule has 1 aromatic rings. The molecule has 0 spiro atoms. The molecule has 0 fully saturated rings. The summed E-state index contributed by atoms with van der Waals surface area (Å²) >= 11 is 11.1. The molecule has 70 valence electrons. The lowest BCUT2D eigenvalue weighted by atomic mass is 10.4. The summed E-state index contributed by atoms with van der Waals surface area (Å²) in [7, 11) is 0. The number of carbonyl (C=O) groups is 1. The molecule has 1 rings (SSSR count). The molecule has 0 unspecified atom stereocenters. The van der Waals surface area contributed by atoms with Crippen LogP contribution in [-0.2, 0) is 4.74 Å². The van der Waals surface area contributed by atoms with Crippen molar-refractivity contribution in [1.82, 2.24) is 10.2 Å². The Hall–Kier alpha value is -0.870. The van der Waals surface area contributed by atoms with Crippen LogP contribution in [0.15, 0.2) is 6.07 Å². The number of nitrogens with zero attached hydrogens (tertiary/aromatic N) is 2. The molecule has 1 heterocycles. The summed E-state index contributed by atoms with van der Waals surface area (Å²) in [6.07, 6.45) is 0. The molecule has 0 aliphatic carbocycles. The van der Waals surface area contributed by atoms with E-state index < -0.39 is 5.97 Å². The third-order valence-electron chi connectivity index (χ3n) is 1.19. The van der Waals surface area contributed by atoms with Gasteiger partial charge in [0.1, 0.15) is 0 Å². The highest BCUT2D eigenvalue weighted by molar-refractivity contribution is 6.41. The molecule has 0 atom stereocenters. The molecule has 0 N–H and O–H groups in total. The maximum absolute atomic E-state index is 11.1. The van der Waals surface area contributed by atoms with Crippen LogP contribution in [0.25, 0.3) is 0 Å². The van der Waals surface area contributed by atoms with Crippen molar-refractivity contribution < 1.29 is 9.53 Å². The average molecular weight is 221 g/mol. The zero-order valence-electron chi connectivity index (χ0n) is 6.75. The van der Waals surface area contributed by atoms with Gasteiger partial charge in [0.05, 0.1) is 11.6 Å². The summed E-state index contributed by atoms with van der Waals surface area (Å²) < 4.78 is 4.68. The van der Waals surface area contributed by atoms with Crippen molar-refractivity contribution in [2.45, 2.75) is 6.92 Å². The number of rotatable bonds is 2. The first kappa shape index (κ1) is 10.2. The zero-order chi connectivity index (χ0) is 9.84. The Bertz CT molecular complexity index is 330. The third-order valence-corrected chi connectivity index (χ3v) is 1.85. The molecule has 0 aliphatic rings. The molecule has 0 bridgehead atoms. The molecular weight excluding hydrogens is 215 g/mol. The van der Waals surface area contributed by atoms with E-state index in [0.29, 0.717) is 0 Å². The Morgan fingerprint density at radius 1 is 1.54 bits per heavy atom. The van der Waals surface area contributed by atoms with Crippen molar-refractivity contribution in [3.05, 3.63) is 21.9 Å². The summed E-state index contributed by atoms with van der Waals surface area (Å²) in [5.74, 6) is -0.562. The minimum absolute atomic E-state index is 0.0521. The highest BCUT2D eigenvalue weighted by Gasteiger charge is 2.11. The van der Waals surface area contributed by atoms with Gasteiger partial charge in [-0.3, -0.25) is 0 Å². The second-order valence-electron chi connectivity index (χ2n) is 2.09. The summed E-state index contributed by atoms with van der Waals surface area (Å²) in [6, 6.07) is 1.31. The van der Waals surface area contributed by atoms with Crippen molar-refractivity contribution in [2.75, 3.05) is 6.61 Å². The summed E-state index contributed by atoms with van der Waals surface area (Å²) in [5, 5.41) is 7.23. The Labute approximate surface area is 84.8 Å². The van der Waals surface area contributed by atoms with E-state index in [4.69, 9.17) is 23.2 Å². The van der Waals surface area contributed by atoms with E-state index in [9.17, 15) is 4.79 Å². The highest BCUT2D eigenvalue weighted by atomic mass is 35.5. The van der Waals surface area contributed by atoms with E-state index in [1.54, 1.807) is 6.92 Å². The van der Waals surface area contributed by atoms with Gasteiger partial charge in [0.25, 0.3) is 0 Å². The first-order chi connectivity index (χ1) is 6.15. The summed E-state index contributed by atoms with van der Waals surface area (Å²) in [6.45, 7) is 1.98. The molecule has 13 heavy (non-hydrogen) atoms. The van der Waals surface area contributed by atoms with Gasteiger partial charge in [-0.25, -0.2) is 4.79 Å². The Kier molecular flexibility index (Phi) is 3.45. The second-order valence-corrected chi connectivity index (χ2v) is 2.85.